The summed E-state index contributed by atoms with van der Waals surface area (Å²) in [5.74, 6) is -1.46. The van der Waals surface area contributed by atoms with Gasteiger partial charge in [-0.25, -0.2) is 0 Å². The van der Waals surface area contributed by atoms with Gasteiger partial charge in [0, 0.05) is 6.42 Å². The normalized spacial score (nSPS) is 15.3. The van der Waals surface area contributed by atoms with E-state index in [-0.39, 0.29) is 6.42 Å². The number of hydrogen-bond donors (Lipinski definition) is 1. The number of benzene rings is 2. The van der Waals surface area contributed by atoms with Crippen LogP contribution in [0.4, 0.5) is 0 Å². The maximum atomic E-state index is 12.7. The van der Waals surface area contributed by atoms with E-state index in [2.05, 4.69) is 5.32 Å². The summed E-state index contributed by atoms with van der Waals surface area (Å²) in [6.45, 7) is 1.50. The highest BCUT2D eigenvalue weighted by Crippen LogP contribution is 2.25. The van der Waals surface area contributed by atoms with Crippen LogP contribution in [0.15, 0.2) is 54.6 Å². The zero-order chi connectivity index (χ0) is 18.7. The van der Waals surface area contributed by atoms with Crippen molar-refractivity contribution >= 4 is 24.0 Å². The first-order chi connectivity index (χ1) is 12.5. The van der Waals surface area contributed by atoms with Crippen molar-refractivity contribution in [2.75, 3.05) is 0 Å². The number of nitrogens with one attached hydrogen (secondary N) is 1. The smallest absolute Gasteiger partial charge is 0.262 e. The Bertz CT molecular complexity index is 828. The molecule has 0 saturated heterocycles. The molecular formula is C20H18N2O4. The lowest BCUT2D eigenvalue weighted by Gasteiger charge is -2.25. The fraction of sp³-hybridized carbons (Fsp3) is 0.200. The summed E-state index contributed by atoms with van der Waals surface area (Å²) in [6.07, 6.45) is 0.829. The molecule has 3 amide bonds. The zero-order valence-electron chi connectivity index (χ0n) is 14.2. The van der Waals surface area contributed by atoms with E-state index in [9.17, 15) is 19.2 Å². The summed E-state index contributed by atoms with van der Waals surface area (Å²) < 4.78 is 0. The number of hydrogen-bond acceptors (Lipinski definition) is 4. The van der Waals surface area contributed by atoms with Crippen LogP contribution in [0, 0.1) is 0 Å². The Labute approximate surface area is 150 Å². The highest BCUT2D eigenvalue weighted by molar-refractivity contribution is 6.22. The monoisotopic (exact) mass is 350 g/mol. The van der Waals surface area contributed by atoms with Crippen molar-refractivity contribution in [1.82, 2.24) is 10.2 Å². The lowest BCUT2D eigenvalue weighted by molar-refractivity contribution is -0.125. The fourth-order valence-electron chi connectivity index (χ4n) is 3.03. The van der Waals surface area contributed by atoms with Crippen molar-refractivity contribution in [2.45, 2.75) is 25.4 Å². The Balaban J connectivity index is 1.78. The van der Waals surface area contributed by atoms with Gasteiger partial charge < -0.3 is 10.1 Å². The number of nitrogens with zero attached hydrogens (tertiary/aromatic N) is 1. The maximum Gasteiger partial charge on any atom is 0.262 e. The molecule has 6 heteroatoms. The second-order valence-corrected chi connectivity index (χ2v) is 6.08. The highest BCUT2D eigenvalue weighted by atomic mass is 16.2. The van der Waals surface area contributed by atoms with Gasteiger partial charge in [0.25, 0.3) is 11.8 Å². The van der Waals surface area contributed by atoms with Crippen molar-refractivity contribution in [3.8, 4) is 0 Å². The van der Waals surface area contributed by atoms with Gasteiger partial charge in [0.1, 0.15) is 12.3 Å². The molecule has 1 N–H and O–H groups in total. The minimum atomic E-state index is -0.986. The summed E-state index contributed by atoms with van der Waals surface area (Å²) in [6, 6.07) is 14.1. The molecule has 26 heavy (non-hydrogen) atoms. The minimum Gasteiger partial charge on any atom is -0.347 e. The van der Waals surface area contributed by atoms with Crippen LogP contribution in [-0.2, 0) is 9.59 Å². The average Bonchev–Trinajstić information content (AvgIpc) is 2.92. The van der Waals surface area contributed by atoms with Crippen LogP contribution >= 0.6 is 0 Å². The van der Waals surface area contributed by atoms with Gasteiger partial charge in [0.2, 0.25) is 5.91 Å². The van der Waals surface area contributed by atoms with E-state index >= 15 is 0 Å². The van der Waals surface area contributed by atoms with E-state index in [1.807, 2.05) is 18.2 Å². The number of rotatable bonds is 6. The molecule has 0 spiro atoms. The molecule has 2 atom stereocenters. The maximum absolute atomic E-state index is 12.7. The number of aldehydes is 1. The zero-order valence-corrected chi connectivity index (χ0v) is 14.2. The summed E-state index contributed by atoms with van der Waals surface area (Å²) >= 11 is 0. The molecule has 0 bridgehead atoms. The lowest BCUT2D eigenvalue weighted by atomic mass is 10.0. The molecule has 3 rings (SSSR count). The number of fused-ring (bicyclic) bond motifs is 1. The van der Waals surface area contributed by atoms with Crippen molar-refractivity contribution < 1.29 is 19.2 Å². The Hall–Kier alpha value is -3.28. The Kier molecular flexibility index (Phi) is 4.93. The molecule has 1 aliphatic heterocycles. The SMILES string of the molecule is C[C@@H](C(=O)N[C@H](CC=O)c1ccccc1)N1C(=O)c2ccccc2C1=O. The van der Waals surface area contributed by atoms with Crippen molar-refractivity contribution in [3.63, 3.8) is 0 Å². The molecule has 0 aliphatic carbocycles. The molecule has 2 aromatic carbocycles. The van der Waals surface area contributed by atoms with Crippen LogP contribution in [0.5, 0.6) is 0 Å². The van der Waals surface area contributed by atoms with E-state index < -0.39 is 29.8 Å². The first-order valence-electron chi connectivity index (χ1n) is 8.30. The number of amides is 3. The number of imide groups is 1. The van der Waals surface area contributed by atoms with E-state index in [1.54, 1.807) is 36.4 Å². The third kappa shape index (κ3) is 3.13. The van der Waals surface area contributed by atoms with Gasteiger partial charge in [-0.05, 0) is 24.6 Å². The second-order valence-electron chi connectivity index (χ2n) is 6.08. The largest absolute Gasteiger partial charge is 0.347 e. The molecule has 0 aromatic heterocycles. The van der Waals surface area contributed by atoms with Gasteiger partial charge in [-0.3, -0.25) is 19.3 Å². The molecule has 6 nitrogen and oxygen atoms in total. The summed E-state index contributed by atoms with van der Waals surface area (Å²) in [5, 5.41) is 2.76. The van der Waals surface area contributed by atoms with Crippen LogP contribution < -0.4 is 5.32 Å². The van der Waals surface area contributed by atoms with Gasteiger partial charge in [-0.2, -0.15) is 0 Å². The number of carbonyl (C=O) groups excluding carboxylic acids is 4. The quantitative estimate of drug-likeness (QED) is 0.639. The molecule has 0 saturated carbocycles. The number of carbonyl (C=O) groups is 4. The molecule has 2 aromatic rings. The van der Waals surface area contributed by atoms with Gasteiger partial charge in [0.05, 0.1) is 17.2 Å². The predicted octanol–water partition coefficient (Wildman–Crippen LogP) is 2.12. The highest BCUT2D eigenvalue weighted by Gasteiger charge is 2.40. The Morgan fingerprint density at radius 1 is 1.00 bits per heavy atom. The Morgan fingerprint density at radius 3 is 2.08 bits per heavy atom. The summed E-state index contributed by atoms with van der Waals surface area (Å²) in [4.78, 5) is 49.6. The second kappa shape index (κ2) is 7.31. The van der Waals surface area contributed by atoms with Crippen LogP contribution in [0.3, 0.4) is 0 Å². The molecule has 0 unspecified atom stereocenters. The van der Waals surface area contributed by atoms with Crippen molar-refractivity contribution in [2.24, 2.45) is 0 Å². The molecule has 0 fully saturated rings. The van der Waals surface area contributed by atoms with Gasteiger partial charge in [0.15, 0.2) is 0 Å². The fourth-order valence-corrected chi connectivity index (χ4v) is 3.03. The minimum absolute atomic E-state index is 0.102. The molecule has 1 heterocycles. The lowest BCUT2D eigenvalue weighted by Crippen LogP contribution is -2.48. The molecule has 0 radical (unpaired) electrons. The summed E-state index contributed by atoms with van der Waals surface area (Å²) in [7, 11) is 0. The molecule has 1 aliphatic rings. The molecular weight excluding hydrogens is 332 g/mol. The molecule has 132 valence electrons. The van der Waals surface area contributed by atoms with E-state index in [1.165, 1.54) is 6.92 Å². The predicted molar refractivity (Wildman–Crippen MR) is 94.4 cm³/mol. The first-order valence-corrected chi connectivity index (χ1v) is 8.30. The van der Waals surface area contributed by atoms with Crippen LogP contribution in [0.25, 0.3) is 0 Å². The van der Waals surface area contributed by atoms with E-state index in [0.29, 0.717) is 11.1 Å². The van der Waals surface area contributed by atoms with Gasteiger partial charge >= 0.3 is 0 Å². The topological polar surface area (TPSA) is 83.6 Å². The van der Waals surface area contributed by atoms with Crippen LogP contribution in [-0.4, -0.2) is 34.9 Å². The third-order valence-electron chi connectivity index (χ3n) is 4.44. The first kappa shape index (κ1) is 17.5. The summed E-state index contributed by atoms with van der Waals surface area (Å²) in [5.41, 5.74) is 1.37. The van der Waals surface area contributed by atoms with Gasteiger partial charge in [-0.1, -0.05) is 42.5 Å². The van der Waals surface area contributed by atoms with Crippen molar-refractivity contribution in [1.29, 1.82) is 0 Å². The standard InChI is InChI=1S/C20H18N2O4/c1-13(22-19(25)15-9-5-6-10-16(15)20(22)26)18(24)21-17(11-12-23)14-7-3-2-4-8-14/h2-10,12-13,17H,11H2,1H3,(H,21,24)/t13-,17+/m0/s1. The van der Waals surface area contributed by atoms with Crippen LogP contribution in [0.2, 0.25) is 0 Å². The van der Waals surface area contributed by atoms with E-state index in [4.69, 9.17) is 0 Å². The van der Waals surface area contributed by atoms with Gasteiger partial charge in [-0.15, -0.1) is 0 Å². The van der Waals surface area contributed by atoms with Crippen LogP contribution in [0.1, 0.15) is 45.7 Å². The average molecular weight is 350 g/mol. The third-order valence-corrected chi connectivity index (χ3v) is 4.44. The Morgan fingerprint density at radius 2 is 1.54 bits per heavy atom. The van der Waals surface area contributed by atoms with E-state index in [0.717, 1.165) is 16.7 Å². The van der Waals surface area contributed by atoms with Crippen molar-refractivity contribution in [3.05, 3.63) is 71.3 Å².